The molecule has 0 fully saturated rings. The molecular weight excluding hydrogens is 182 g/mol. The fourth-order valence-electron chi connectivity index (χ4n) is 1.34. The van der Waals surface area contributed by atoms with Gasteiger partial charge in [-0.3, -0.25) is 0 Å². The monoisotopic (exact) mass is 189 g/mol. The van der Waals surface area contributed by atoms with Crippen molar-refractivity contribution in [2.24, 2.45) is 5.18 Å². The van der Waals surface area contributed by atoms with Crippen LogP contribution in [-0.2, 0) is 9.53 Å². The number of cyclic esters (lactones) is 1. The molecule has 0 saturated heterocycles. The first-order valence-corrected chi connectivity index (χ1v) is 4.11. The van der Waals surface area contributed by atoms with Gasteiger partial charge < -0.3 is 4.74 Å². The lowest BCUT2D eigenvalue weighted by atomic mass is 10.1. The van der Waals surface area contributed by atoms with Crippen molar-refractivity contribution < 1.29 is 9.53 Å². The standard InChI is InChI=1S/C10H7NO3/c12-9-6-8(10(11-13)14-9)7-4-2-1-3-5-7/h1-6,10H. The number of benzene rings is 1. The van der Waals surface area contributed by atoms with Gasteiger partial charge in [0, 0.05) is 11.6 Å². The SMILES string of the molecule is O=NC1OC(=O)C=C1c1ccccc1. The number of rotatable bonds is 2. The Morgan fingerprint density at radius 1 is 1.21 bits per heavy atom. The summed E-state index contributed by atoms with van der Waals surface area (Å²) in [7, 11) is 0. The van der Waals surface area contributed by atoms with Crippen molar-refractivity contribution in [2.45, 2.75) is 6.23 Å². The van der Waals surface area contributed by atoms with Crippen LogP contribution in [0.2, 0.25) is 0 Å². The van der Waals surface area contributed by atoms with Crippen molar-refractivity contribution in [3.63, 3.8) is 0 Å². The summed E-state index contributed by atoms with van der Waals surface area (Å²) in [5.41, 5.74) is 1.30. The van der Waals surface area contributed by atoms with Gasteiger partial charge in [0.15, 0.2) is 0 Å². The van der Waals surface area contributed by atoms with Gasteiger partial charge in [0.1, 0.15) is 0 Å². The largest absolute Gasteiger partial charge is 0.429 e. The van der Waals surface area contributed by atoms with Crippen LogP contribution in [0.25, 0.3) is 5.57 Å². The highest BCUT2D eigenvalue weighted by Gasteiger charge is 2.27. The second-order valence-corrected chi connectivity index (χ2v) is 2.86. The molecule has 0 aliphatic carbocycles. The number of hydrogen-bond donors (Lipinski definition) is 0. The molecule has 0 saturated carbocycles. The maximum Gasteiger partial charge on any atom is 0.333 e. The molecule has 70 valence electrons. The average Bonchev–Trinajstić information content (AvgIpc) is 2.61. The Kier molecular flexibility index (Phi) is 2.10. The molecule has 0 aromatic heterocycles. The van der Waals surface area contributed by atoms with E-state index in [0.717, 1.165) is 5.56 Å². The highest BCUT2D eigenvalue weighted by Crippen LogP contribution is 2.26. The summed E-state index contributed by atoms with van der Waals surface area (Å²) in [6, 6.07) is 9.09. The van der Waals surface area contributed by atoms with Crippen molar-refractivity contribution in [1.29, 1.82) is 0 Å². The lowest BCUT2D eigenvalue weighted by molar-refractivity contribution is -0.138. The Hall–Kier alpha value is -1.97. The van der Waals surface area contributed by atoms with E-state index in [1.54, 1.807) is 12.1 Å². The molecule has 0 bridgehead atoms. The first kappa shape index (κ1) is 8.62. The maximum absolute atomic E-state index is 10.9. The fraction of sp³-hybridized carbons (Fsp3) is 0.100. The van der Waals surface area contributed by atoms with Crippen LogP contribution in [0.4, 0.5) is 0 Å². The van der Waals surface area contributed by atoms with E-state index in [-0.39, 0.29) is 0 Å². The first-order chi connectivity index (χ1) is 6.81. The van der Waals surface area contributed by atoms with Crippen molar-refractivity contribution in [2.75, 3.05) is 0 Å². The molecule has 1 aliphatic rings. The lowest BCUT2D eigenvalue weighted by Crippen LogP contribution is -2.06. The molecule has 4 heteroatoms. The van der Waals surface area contributed by atoms with Crippen LogP contribution in [0.5, 0.6) is 0 Å². The topological polar surface area (TPSA) is 55.7 Å². The molecule has 1 unspecified atom stereocenters. The summed E-state index contributed by atoms with van der Waals surface area (Å²) in [6.45, 7) is 0. The Morgan fingerprint density at radius 3 is 2.57 bits per heavy atom. The van der Waals surface area contributed by atoms with Crippen LogP contribution in [0.15, 0.2) is 41.6 Å². The van der Waals surface area contributed by atoms with E-state index in [9.17, 15) is 9.70 Å². The highest BCUT2D eigenvalue weighted by atomic mass is 16.6. The zero-order chi connectivity index (χ0) is 9.97. The van der Waals surface area contributed by atoms with Crippen LogP contribution < -0.4 is 0 Å². The van der Waals surface area contributed by atoms with E-state index >= 15 is 0 Å². The van der Waals surface area contributed by atoms with Gasteiger partial charge in [-0.15, -0.1) is 4.91 Å². The lowest BCUT2D eigenvalue weighted by Gasteiger charge is -2.05. The molecule has 1 aliphatic heterocycles. The number of nitroso groups, excluding NO2 is 1. The zero-order valence-electron chi connectivity index (χ0n) is 7.21. The molecule has 0 N–H and O–H groups in total. The fourth-order valence-corrected chi connectivity index (χ4v) is 1.34. The van der Waals surface area contributed by atoms with Crippen LogP contribution in [0.3, 0.4) is 0 Å². The third kappa shape index (κ3) is 1.42. The molecule has 4 nitrogen and oxygen atoms in total. The molecule has 1 atom stereocenters. The Balaban J connectivity index is 2.39. The predicted octanol–water partition coefficient (Wildman–Crippen LogP) is 1.72. The average molecular weight is 189 g/mol. The number of nitrogens with zero attached hydrogens (tertiary/aromatic N) is 1. The van der Waals surface area contributed by atoms with Gasteiger partial charge in [0.2, 0.25) is 0 Å². The summed E-state index contributed by atoms with van der Waals surface area (Å²) in [5, 5.41) is 2.73. The van der Waals surface area contributed by atoms with Crippen LogP contribution in [0.1, 0.15) is 5.56 Å². The molecule has 1 heterocycles. The van der Waals surface area contributed by atoms with Crippen LogP contribution in [-0.4, -0.2) is 12.2 Å². The Morgan fingerprint density at radius 2 is 1.93 bits per heavy atom. The normalized spacial score (nSPS) is 20.1. The Bertz CT molecular complexity index is 397. The summed E-state index contributed by atoms with van der Waals surface area (Å²) >= 11 is 0. The van der Waals surface area contributed by atoms with Crippen LogP contribution >= 0.6 is 0 Å². The first-order valence-electron chi connectivity index (χ1n) is 4.11. The van der Waals surface area contributed by atoms with Gasteiger partial charge in [-0.25, -0.2) is 4.79 Å². The number of carbonyl (C=O) groups is 1. The minimum absolute atomic E-state index is 0.519. The van der Waals surface area contributed by atoms with Crippen molar-refractivity contribution in [3.05, 3.63) is 46.9 Å². The maximum atomic E-state index is 10.9. The van der Waals surface area contributed by atoms with E-state index in [4.69, 9.17) is 0 Å². The van der Waals surface area contributed by atoms with E-state index in [1.807, 2.05) is 18.2 Å². The molecule has 0 spiro atoms. The van der Waals surface area contributed by atoms with Gasteiger partial charge in [0.05, 0.1) is 0 Å². The number of ether oxygens (including phenoxy) is 1. The number of hydrogen-bond acceptors (Lipinski definition) is 4. The molecule has 2 rings (SSSR count). The van der Waals surface area contributed by atoms with Crippen molar-refractivity contribution in [3.8, 4) is 0 Å². The molecular formula is C10H7NO3. The van der Waals surface area contributed by atoms with Crippen LogP contribution in [0, 0.1) is 4.91 Å². The summed E-state index contributed by atoms with van der Waals surface area (Å²) in [5.74, 6) is -0.520. The van der Waals surface area contributed by atoms with E-state index in [2.05, 4.69) is 9.91 Å². The molecule has 0 radical (unpaired) electrons. The van der Waals surface area contributed by atoms with E-state index in [1.165, 1.54) is 6.08 Å². The van der Waals surface area contributed by atoms with E-state index < -0.39 is 12.2 Å². The van der Waals surface area contributed by atoms with Crippen molar-refractivity contribution >= 4 is 11.5 Å². The van der Waals surface area contributed by atoms with Gasteiger partial charge in [-0.2, -0.15) is 0 Å². The minimum atomic E-state index is -0.995. The summed E-state index contributed by atoms with van der Waals surface area (Å²) in [4.78, 5) is 21.3. The molecule has 0 amide bonds. The highest BCUT2D eigenvalue weighted by molar-refractivity contribution is 5.96. The van der Waals surface area contributed by atoms with Gasteiger partial charge in [-0.05, 0) is 10.7 Å². The minimum Gasteiger partial charge on any atom is -0.429 e. The second-order valence-electron chi connectivity index (χ2n) is 2.86. The second kappa shape index (κ2) is 3.41. The zero-order valence-corrected chi connectivity index (χ0v) is 7.21. The molecule has 14 heavy (non-hydrogen) atoms. The van der Waals surface area contributed by atoms with Gasteiger partial charge in [0.25, 0.3) is 6.23 Å². The summed E-state index contributed by atoms with van der Waals surface area (Å²) < 4.78 is 4.67. The number of carbonyl (C=O) groups excluding carboxylic acids is 1. The van der Waals surface area contributed by atoms with Crippen molar-refractivity contribution in [1.82, 2.24) is 0 Å². The van der Waals surface area contributed by atoms with E-state index in [0.29, 0.717) is 5.57 Å². The van der Waals surface area contributed by atoms with Gasteiger partial charge >= 0.3 is 5.97 Å². The molecule has 1 aromatic carbocycles. The quantitative estimate of drug-likeness (QED) is 0.525. The summed E-state index contributed by atoms with van der Waals surface area (Å²) in [6.07, 6.45) is 0.298. The number of esters is 1. The Labute approximate surface area is 80.2 Å². The van der Waals surface area contributed by atoms with Gasteiger partial charge in [-0.1, -0.05) is 30.3 Å². The molecule has 1 aromatic rings. The predicted molar refractivity (Wildman–Crippen MR) is 50.1 cm³/mol. The third-order valence-electron chi connectivity index (χ3n) is 1.97. The third-order valence-corrected chi connectivity index (χ3v) is 1.97. The smallest absolute Gasteiger partial charge is 0.333 e.